The van der Waals surface area contributed by atoms with Crippen molar-refractivity contribution in [1.82, 2.24) is 0 Å². The van der Waals surface area contributed by atoms with Crippen LogP contribution in [-0.2, 0) is 29.0 Å². The molecule has 0 saturated heterocycles. The summed E-state index contributed by atoms with van der Waals surface area (Å²) in [6, 6.07) is 25.0. The Morgan fingerprint density at radius 3 is 2.12 bits per heavy atom. The average molecular weight is 428 g/mol. The largest absolute Gasteiger partial charge is 0.461 e. The van der Waals surface area contributed by atoms with Crippen molar-refractivity contribution >= 4 is 11.8 Å². The second-order valence-corrected chi connectivity index (χ2v) is 8.70. The molecule has 0 heterocycles. The fraction of sp³-hybridized carbons (Fsp3) is 0.286. The number of hydrogen-bond donors (Lipinski definition) is 1. The number of benzene rings is 3. The first-order valence-corrected chi connectivity index (χ1v) is 11.2. The molecule has 32 heavy (non-hydrogen) atoms. The molecule has 2 N–H and O–H groups in total. The third-order valence-electron chi connectivity index (χ3n) is 6.39. The van der Waals surface area contributed by atoms with E-state index >= 15 is 0 Å². The molecule has 1 saturated carbocycles. The number of Topliss-reactive ketones (excluding diaryl/α,β-unsaturated/α-hetero) is 1. The summed E-state index contributed by atoms with van der Waals surface area (Å²) in [6.07, 6.45) is 2.56. The van der Waals surface area contributed by atoms with E-state index in [1.54, 1.807) is 12.1 Å². The van der Waals surface area contributed by atoms with Crippen molar-refractivity contribution in [3.63, 3.8) is 0 Å². The molecule has 0 spiro atoms. The highest BCUT2D eigenvalue weighted by molar-refractivity contribution is 5.97. The highest BCUT2D eigenvalue weighted by atomic mass is 16.5. The molecule has 4 nitrogen and oxygen atoms in total. The topological polar surface area (TPSA) is 69.4 Å². The van der Waals surface area contributed by atoms with Gasteiger partial charge in [-0.05, 0) is 35.1 Å². The lowest BCUT2D eigenvalue weighted by Crippen LogP contribution is -2.22. The molecule has 164 valence electrons. The number of carbonyl (C=O) groups excluding carboxylic acids is 2. The standard InChI is InChI=1S/C28H29NO3/c1-2-28(29)18-25(28)23-12-8-20(9-13-23)16-26(30)24-14-10-21(11-15-24)17-27(31)32-19-22-6-4-3-5-7-22/h3-15,25H,2,16-19,29H2,1H3/t25-,28+/m0/s1. The van der Waals surface area contributed by atoms with E-state index < -0.39 is 0 Å². The summed E-state index contributed by atoms with van der Waals surface area (Å²) < 4.78 is 5.33. The Morgan fingerprint density at radius 1 is 0.875 bits per heavy atom. The molecule has 2 atom stereocenters. The normalized spacial score (nSPS) is 19.4. The molecule has 0 amide bonds. The Morgan fingerprint density at radius 2 is 1.50 bits per heavy atom. The van der Waals surface area contributed by atoms with E-state index in [9.17, 15) is 9.59 Å². The van der Waals surface area contributed by atoms with Crippen LogP contribution in [0.1, 0.15) is 58.3 Å². The first-order chi connectivity index (χ1) is 15.5. The summed E-state index contributed by atoms with van der Waals surface area (Å²) in [5, 5.41) is 0. The fourth-order valence-corrected chi connectivity index (χ4v) is 4.08. The Balaban J connectivity index is 1.28. The Hall–Kier alpha value is -3.24. The molecule has 0 radical (unpaired) electrons. The molecule has 1 fully saturated rings. The zero-order chi connectivity index (χ0) is 22.6. The number of hydrogen-bond acceptors (Lipinski definition) is 4. The monoisotopic (exact) mass is 427 g/mol. The van der Waals surface area contributed by atoms with Gasteiger partial charge in [-0.1, -0.05) is 85.8 Å². The molecule has 0 aliphatic heterocycles. The molecule has 0 bridgehead atoms. The van der Waals surface area contributed by atoms with E-state index in [1.165, 1.54) is 5.56 Å². The van der Waals surface area contributed by atoms with Crippen LogP contribution in [0, 0.1) is 0 Å². The van der Waals surface area contributed by atoms with Gasteiger partial charge >= 0.3 is 5.97 Å². The zero-order valence-corrected chi connectivity index (χ0v) is 18.4. The number of carbonyl (C=O) groups is 2. The van der Waals surface area contributed by atoms with E-state index in [1.807, 2.05) is 54.6 Å². The van der Waals surface area contributed by atoms with Gasteiger partial charge in [0.15, 0.2) is 5.78 Å². The minimum Gasteiger partial charge on any atom is -0.461 e. The maximum absolute atomic E-state index is 12.7. The maximum atomic E-state index is 12.7. The van der Waals surface area contributed by atoms with E-state index in [4.69, 9.17) is 10.5 Å². The van der Waals surface area contributed by atoms with Crippen molar-refractivity contribution in [3.05, 3.63) is 107 Å². The molecule has 1 aliphatic carbocycles. The van der Waals surface area contributed by atoms with E-state index in [0.717, 1.165) is 29.5 Å². The van der Waals surface area contributed by atoms with Crippen LogP contribution in [0.5, 0.6) is 0 Å². The third kappa shape index (κ3) is 5.32. The second kappa shape index (κ2) is 9.49. The number of esters is 1. The van der Waals surface area contributed by atoms with Crippen molar-refractivity contribution < 1.29 is 14.3 Å². The van der Waals surface area contributed by atoms with Gasteiger partial charge in [-0.15, -0.1) is 0 Å². The SMILES string of the molecule is CC[C@@]1(N)C[C@H]1c1ccc(CC(=O)c2ccc(CC(=O)OCc3ccccc3)cc2)cc1. The molecule has 1 aliphatic rings. The van der Waals surface area contributed by atoms with E-state index in [-0.39, 0.29) is 30.3 Å². The Labute approximate surface area is 189 Å². The molecular formula is C28H29NO3. The van der Waals surface area contributed by atoms with Crippen LogP contribution in [0.4, 0.5) is 0 Å². The van der Waals surface area contributed by atoms with Crippen LogP contribution in [0.25, 0.3) is 0 Å². The number of nitrogens with two attached hydrogens (primary N) is 1. The summed E-state index contributed by atoms with van der Waals surface area (Å²) in [6.45, 7) is 2.40. The summed E-state index contributed by atoms with van der Waals surface area (Å²) in [7, 11) is 0. The highest BCUT2D eigenvalue weighted by Gasteiger charge is 2.49. The van der Waals surface area contributed by atoms with Crippen molar-refractivity contribution in [2.24, 2.45) is 5.73 Å². The number of rotatable bonds is 9. The predicted molar refractivity (Wildman–Crippen MR) is 125 cm³/mol. The van der Waals surface area contributed by atoms with Gasteiger partial charge in [0.2, 0.25) is 0 Å². The van der Waals surface area contributed by atoms with Gasteiger partial charge in [-0.3, -0.25) is 9.59 Å². The molecular weight excluding hydrogens is 398 g/mol. The molecule has 3 aromatic carbocycles. The minimum absolute atomic E-state index is 0.0486. The maximum Gasteiger partial charge on any atom is 0.310 e. The second-order valence-electron chi connectivity index (χ2n) is 8.70. The average Bonchev–Trinajstić information content (AvgIpc) is 3.51. The lowest BCUT2D eigenvalue weighted by molar-refractivity contribution is -0.144. The lowest BCUT2D eigenvalue weighted by atomic mass is 9.98. The zero-order valence-electron chi connectivity index (χ0n) is 18.4. The van der Waals surface area contributed by atoms with E-state index in [2.05, 4.69) is 19.1 Å². The first-order valence-electron chi connectivity index (χ1n) is 11.2. The highest BCUT2D eigenvalue weighted by Crippen LogP contribution is 2.51. The lowest BCUT2D eigenvalue weighted by Gasteiger charge is -2.09. The fourth-order valence-electron chi connectivity index (χ4n) is 4.08. The number of ether oxygens (including phenoxy) is 1. The van der Waals surface area contributed by atoms with Crippen LogP contribution < -0.4 is 5.73 Å². The number of ketones is 1. The van der Waals surface area contributed by atoms with Crippen LogP contribution >= 0.6 is 0 Å². The van der Waals surface area contributed by atoms with Gasteiger partial charge < -0.3 is 10.5 Å². The van der Waals surface area contributed by atoms with Crippen LogP contribution in [0.15, 0.2) is 78.9 Å². The first kappa shape index (κ1) is 22.0. The van der Waals surface area contributed by atoms with Crippen molar-refractivity contribution in [2.45, 2.75) is 50.7 Å². The third-order valence-corrected chi connectivity index (χ3v) is 6.39. The van der Waals surface area contributed by atoms with Gasteiger partial charge in [-0.2, -0.15) is 0 Å². The molecule has 0 aromatic heterocycles. The van der Waals surface area contributed by atoms with Crippen molar-refractivity contribution in [1.29, 1.82) is 0 Å². The van der Waals surface area contributed by atoms with Gasteiger partial charge in [0.05, 0.1) is 6.42 Å². The molecule has 0 unspecified atom stereocenters. The van der Waals surface area contributed by atoms with Gasteiger partial charge in [0.25, 0.3) is 0 Å². The van der Waals surface area contributed by atoms with Gasteiger partial charge in [-0.25, -0.2) is 0 Å². The quantitative estimate of drug-likeness (QED) is 0.386. The molecule has 4 rings (SSSR count). The Bertz CT molecular complexity index is 1070. The smallest absolute Gasteiger partial charge is 0.310 e. The van der Waals surface area contributed by atoms with Crippen LogP contribution in [0.3, 0.4) is 0 Å². The summed E-state index contributed by atoms with van der Waals surface area (Å²) in [4.78, 5) is 24.8. The van der Waals surface area contributed by atoms with Crippen LogP contribution in [-0.4, -0.2) is 17.3 Å². The summed E-state index contributed by atoms with van der Waals surface area (Å²) in [5.41, 5.74) is 11.0. The molecule has 3 aromatic rings. The van der Waals surface area contributed by atoms with Gasteiger partial charge in [0.1, 0.15) is 6.61 Å². The predicted octanol–water partition coefficient (Wildman–Crippen LogP) is 4.99. The minimum atomic E-state index is -0.284. The summed E-state index contributed by atoms with van der Waals surface area (Å²) >= 11 is 0. The van der Waals surface area contributed by atoms with Crippen LogP contribution in [0.2, 0.25) is 0 Å². The summed E-state index contributed by atoms with van der Waals surface area (Å²) in [5.74, 6) is 0.210. The Kier molecular flexibility index (Phi) is 6.52. The van der Waals surface area contributed by atoms with Gasteiger partial charge in [0, 0.05) is 23.4 Å². The molecule has 4 heteroatoms. The van der Waals surface area contributed by atoms with E-state index in [0.29, 0.717) is 17.9 Å². The van der Waals surface area contributed by atoms with Crippen molar-refractivity contribution in [3.8, 4) is 0 Å². The van der Waals surface area contributed by atoms with Crippen molar-refractivity contribution in [2.75, 3.05) is 0 Å².